The number of nitrogens with zero attached hydrogens (tertiary/aromatic N) is 2. The lowest BCUT2D eigenvalue weighted by atomic mass is 10.1. The van der Waals surface area contributed by atoms with Gasteiger partial charge in [0.1, 0.15) is 18.3 Å². The Morgan fingerprint density at radius 3 is 2.22 bits per heavy atom. The van der Waals surface area contributed by atoms with Crippen molar-refractivity contribution >= 4 is 27.5 Å². The normalized spacial score (nSPS) is 12.4. The predicted octanol–water partition coefficient (Wildman–Crippen LogP) is 5.23. The van der Waals surface area contributed by atoms with Crippen molar-refractivity contribution in [3.63, 3.8) is 0 Å². The zero-order valence-electron chi connectivity index (χ0n) is 25.0. The number of anilines is 1. The van der Waals surface area contributed by atoms with Crippen LogP contribution in [0.5, 0.6) is 5.75 Å². The van der Waals surface area contributed by atoms with Crippen LogP contribution in [0, 0.1) is 13.8 Å². The fourth-order valence-corrected chi connectivity index (χ4v) is 6.07. The molecule has 8 nitrogen and oxygen atoms in total. The van der Waals surface area contributed by atoms with Crippen molar-refractivity contribution in [2.24, 2.45) is 0 Å². The van der Waals surface area contributed by atoms with Gasteiger partial charge in [-0.3, -0.25) is 13.9 Å². The van der Waals surface area contributed by atoms with Crippen LogP contribution >= 0.6 is 0 Å². The summed E-state index contributed by atoms with van der Waals surface area (Å²) >= 11 is 0. The SMILES string of the molecule is CC[C@@H](C(=O)NC(C)(C)C)N(Cc1cccc(OC)c1)C(=O)CN(c1cccc(C)c1C)S(=O)(=O)c1ccccc1. The van der Waals surface area contributed by atoms with Crippen LogP contribution in [0.3, 0.4) is 0 Å². The van der Waals surface area contributed by atoms with E-state index in [0.29, 0.717) is 17.9 Å². The highest BCUT2D eigenvalue weighted by Crippen LogP contribution is 2.29. The lowest BCUT2D eigenvalue weighted by molar-refractivity contribution is -0.141. The fourth-order valence-electron chi connectivity index (χ4n) is 4.58. The number of methoxy groups -OCH3 is 1. The number of ether oxygens (including phenoxy) is 1. The molecular weight excluding hydrogens is 538 g/mol. The van der Waals surface area contributed by atoms with Crippen molar-refractivity contribution < 1.29 is 22.7 Å². The molecule has 0 aromatic heterocycles. The number of nitrogens with one attached hydrogen (secondary N) is 1. The molecule has 2 amide bonds. The predicted molar refractivity (Wildman–Crippen MR) is 162 cm³/mol. The smallest absolute Gasteiger partial charge is 0.264 e. The summed E-state index contributed by atoms with van der Waals surface area (Å²) in [6, 6.07) is 19.9. The second-order valence-corrected chi connectivity index (χ2v) is 12.9. The minimum atomic E-state index is -4.12. The quantitative estimate of drug-likeness (QED) is 0.336. The third-order valence-corrected chi connectivity index (χ3v) is 8.60. The largest absolute Gasteiger partial charge is 0.497 e. The van der Waals surface area contributed by atoms with Crippen LogP contribution in [0.2, 0.25) is 0 Å². The summed E-state index contributed by atoms with van der Waals surface area (Å²) in [6.07, 6.45) is 0.340. The Hall–Kier alpha value is -3.85. The molecule has 3 aromatic rings. The Labute approximate surface area is 244 Å². The van der Waals surface area contributed by atoms with Gasteiger partial charge in [-0.15, -0.1) is 0 Å². The van der Waals surface area contributed by atoms with E-state index in [1.54, 1.807) is 49.6 Å². The summed E-state index contributed by atoms with van der Waals surface area (Å²) in [7, 11) is -2.56. The number of hydrogen-bond acceptors (Lipinski definition) is 5. The van der Waals surface area contributed by atoms with E-state index in [1.165, 1.54) is 17.0 Å². The van der Waals surface area contributed by atoms with Gasteiger partial charge in [0, 0.05) is 12.1 Å². The van der Waals surface area contributed by atoms with Gasteiger partial charge in [-0.2, -0.15) is 0 Å². The van der Waals surface area contributed by atoms with Crippen LogP contribution in [0.1, 0.15) is 50.8 Å². The number of sulfonamides is 1. The van der Waals surface area contributed by atoms with Gasteiger partial charge in [0.15, 0.2) is 0 Å². The Morgan fingerprint density at radius 2 is 1.61 bits per heavy atom. The minimum absolute atomic E-state index is 0.0746. The number of benzene rings is 3. The van der Waals surface area contributed by atoms with E-state index < -0.39 is 34.1 Å². The van der Waals surface area contributed by atoms with Gasteiger partial charge < -0.3 is 15.0 Å². The lowest BCUT2D eigenvalue weighted by Gasteiger charge is -2.35. The molecule has 9 heteroatoms. The molecular formula is C32H41N3O5S. The first-order valence-corrected chi connectivity index (χ1v) is 15.1. The molecule has 0 saturated carbocycles. The first-order chi connectivity index (χ1) is 19.3. The average Bonchev–Trinajstić information content (AvgIpc) is 2.92. The van der Waals surface area contributed by atoms with Gasteiger partial charge in [0.25, 0.3) is 10.0 Å². The second-order valence-electron chi connectivity index (χ2n) is 11.1. The van der Waals surface area contributed by atoms with Crippen molar-refractivity contribution in [1.82, 2.24) is 10.2 Å². The fraction of sp³-hybridized carbons (Fsp3) is 0.375. The first-order valence-electron chi connectivity index (χ1n) is 13.7. The summed E-state index contributed by atoms with van der Waals surface area (Å²) in [5.74, 6) is -0.185. The molecule has 3 rings (SSSR count). The standard InChI is InChI=1S/C32H41N3O5S/c1-8-28(31(37)33-32(4,5)6)34(21-25-15-13-16-26(20-25)40-7)30(36)22-35(29-19-12-14-23(2)24(29)3)41(38,39)27-17-10-9-11-18-27/h9-20,28H,8,21-22H2,1-7H3,(H,33,37)/t28-/m0/s1. The summed E-state index contributed by atoms with van der Waals surface area (Å²) < 4.78 is 34.6. The van der Waals surface area contributed by atoms with Crippen molar-refractivity contribution in [3.8, 4) is 5.75 Å². The zero-order chi connectivity index (χ0) is 30.4. The monoisotopic (exact) mass is 579 g/mol. The lowest BCUT2D eigenvalue weighted by Crippen LogP contribution is -2.55. The number of amides is 2. The Morgan fingerprint density at radius 1 is 0.951 bits per heavy atom. The van der Waals surface area contributed by atoms with Crippen molar-refractivity contribution in [2.45, 2.75) is 71.0 Å². The third kappa shape index (κ3) is 7.88. The molecule has 0 saturated heterocycles. The van der Waals surface area contributed by atoms with Crippen LogP contribution in [-0.2, 0) is 26.2 Å². The van der Waals surface area contributed by atoms with Crippen molar-refractivity contribution in [1.29, 1.82) is 0 Å². The minimum Gasteiger partial charge on any atom is -0.497 e. The van der Waals surface area contributed by atoms with E-state index in [9.17, 15) is 18.0 Å². The summed E-state index contributed by atoms with van der Waals surface area (Å²) in [4.78, 5) is 29.2. The van der Waals surface area contributed by atoms with Gasteiger partial charge in [0.2, 0.25) is 11.8 Å². The van der Waals surface area contributed by atoms with E-state index in [0.717, 1.165) is 21.0 Å². The Balaban J connectivity index is 2.11. The molecule has 0 aliphatic heterocycles. The van der Waals surface area contributed by atoms with E-state index >= 15 is 0 Å². The summed E-state index contributed by atoms with van der Waals surface area (Å²) in [5.41, 5.74) is 2.29. The molecule has 1 N–H and O–H groups in total. The number of carbonyl (C=O) groups excluding carboxylic acids is 2. The summed E-state index contributed by atoms with van der Waals surface area (Å²) in [5, 5.41) is 2.98. The Bertz CT molecular complexity index is 1470. The molecule has 0 radical (unpaired) electrons. The molecule has 0 aliphatic rings. The van der Waals surface area contributed by atoms with E-state index in [2.05, 4.69) is 5.32 Å². The van der Waals surface area contributed by atoms with Gasteiger partial charge in [-0.25, -0.2) is 8.42 Å². The molecule has 0 unspecified atom stereocenters. The Kier molecular flexibility index (Phi) is 10.2. The number of aryl methyl sites for hydroxylation is 1. The molecule has 0 heterocycles. The van der Waals surface area contributed by atoms with Gasteiger partial charge >= 0.3 is 0 Å². The first kappa shape index (κ1) is 31.7. The summed E-state index contributed by atoms with van der Waals surface area (Å²) in [6.45, 7) is 10.8. The van der Waals surface area contributed by atoms with E-state index in [-0.39, 0.29) is 17.3 Å². The van der Waals surface area contributed by atoms with Crippen LogP contribution < -0.4 is 14.4 Å². The highest BCUT2D eigenvalue weighted by molar-refractivity contribution is 7.92. The van der Waals surface area contributed by atoms with Crippen LogP contribution in [-0.4, -0.2) is 50.4 Å². The highest BCUT2D eigenvalue weighted by Gasteiger charge is 2.35. The van der Waals surface area contributed by atoms with Gasteiger partial charge in [-0.05, 0) is 88.1 Å². The van der Waals surface area contributed by atoms with Crippen LogP contribution in [0.15, 0.2) is 77.7 Å². The molecule has 0 bridgehead atoms. The molecule has 220 valence electrons. The maximum absolute atomic E-state index is 14.2. The van der Waals surface area contributed by atoms with E-state index in [4.69, 9.17) is 4.74 Å². The van der Waals surface area contributed by atoms with Gasteiger partial charge in [0.05, 0.1) is 17.7 Å². The zero-order valence-corrected chi connectivity index (χ0v) is 25.8. The number of carbonyl (C=O) groups is 2. The highest BCUT2D eigenvalue weighted by atomic mass is 32.2. The second kappa shape index (κ2) is 13.2. The molecule has 0 spiro atoms. The maximum atomic E-state index is 14.2. The van der Waals surface area contributed by atoms with Crippen molar-refractivity contribution in [2.75, 3.05) is 18.0 Å². The van der Waals surface area contributed by atoms with Gasteiger partial charge in [-0.1, -0.05) is 49.4 Å². The molecule has 0 aliphatic carbocycles. The van der Waals surface area contributed by atoms with Crippen LogP contribution in [0.25, 0.3) is 0 Å². The topological polar surface area (TPSA) is 96.0 Å². The number of rotatable bonds is 11. The average molecular weight is 580 g/mol. The molecule has 3 aromatic carbocycles. The number of hydrogen-bond donors (Lipinski definition) is 1. The molecule has 0 fully saturated rings. The third-order valence-electron chi connectivity index (χ3n) is 6.83. The van der Waals surface area contributed by atoms with Crippen LogP contribution in [0.4, 0.5) is 5.69 Å². The maximum Gasteiger partial charge on any atom is 0.264 e. The van der Waals surface area contributed by atoms with Crippen molar-refractivity contribution in [3.05, 3.63) is 89.5 Å². The van der Waals surface area contributed by atoms with E-state index in [1.807, 2.05) is 59.7 Å². The molecule has 41 heavy (non-hydrogen) atoms. The molecule has 1 atom stereocenters.